The lowest BCUT2D eigenvalue weighted by Gasteiger charge is -2.17. The first-order valence-electron chi connectivity index (χ1n) is 12.7. The monoisotopic (exact) mass is 731 g/mol. The molecule has 0 saturated carbocycles. The normalized spacial score (nSPS) is 12.2. The molecule has 0 radical (unpaired) electrons. The zero-order valence-corrected chi connectivity index (χ0v) is 26.4. The molecule has 0 amide bonds. The van der Waals surface area contributed by atoms with Crippen LogP contribution in [-0.4, -0.2) is 52.8 Å². The van der Waals surface area contributed by atoms with Crippen LogP contribution in [0.3, 0.4) is 0 Å². The van der Waals surface area contributed by atoms with Gasteiger partial charge in [-0.2, -0.15) is 18.3 Å². The SMILES string of the molecule is CC.COC(=O)c1nc(-n2cc(C(F)(F)F)cn2)ccc1-c1cc2c(cc1C(=O)OCCSI)-c1sccc1CCO2. The van der Waals surface area contributed by atoms with Gasteiger partial charge < -0.3 is 14.2 Å². The first-order chi connectivity index (χ1) is 20.2. The van der Waals surface area contributed by atoms with E-state index in [-0.39, 0.29) is 29.2 Å². The van der Waals surface area contributed by atoms with Gasteiger partial charge in [-0.3, -0.25) is 0 Å². The summed E-state index contributed by atoms with van der Waals surface area (Å²) in [5.41, 5.74) is 1.34. The molecule has 3 aromatic heterocycles. The number of ether oxygens (including phenoxy) is 3. The van der Waals surface area contributed by atoms with Gasteiger partial charge >= 0.3 is 18.1 Å². The maximum absolute atomic E-state index is 13.3. The number of fused-ring (bicyclic) bond motifs is 3. The van der Waals surface area contributed by atoms with Crippen molar-refractivity contribution >= 4 is 53.4 Å². The van der Waals surface area contributed by atoms with Gasteiger partial charge in [0.2, 0.25) is 0 Å². The Morgan fingerprint density at radius 3 is 2.62 bits per heavy atom. The number of hydrogen-bond donors (Lipinski definition) is 0. The Bertz CT molecular complexity index is 1590. The zero-order chi connectivity index (χ0) is 30.4. The van der Waals surface area contributed by atoms with Crippen molar-refractivity contribution in [3.8, 4) is 33.1 Å². The van der Waals surface area contributed by atoms with Crippen LogP contribution in [0.4, 0.5) is 13.2 Å². The molecule has 0 saturated heterocycles. The first-order valence-corrected chi connectivity index (χ1v) is 17.1. The lowest BCUT2D eigenvalue weighted by atomic mass is 9.94. The summed E-state index contributed by atoms with van der Waals surface area (Å²) in [5, 5.41) is 5.71. The van der Waals surface area contributed by atoms with Gasteiger partial charge in [-0.05, 0) is 62.5 Å². The topological polar surface area (TPSA) is 92.5 Å². The number of methoxy groups -OCH3 is 1. The minimum absolute atomic E-state index is 0.0444. The van der Waals surface area contributed by atoms with E-state index in [0.717, 1.165) is 34.0 Å². The maximum Gasteiger partial charge on any atom is 0.419 e. The van der Waals surface area contributed by atoms with Crippen molar-refractivity contribution in [3.63, 3.8) is 0 Å². The smallest absolute Gasteiger partial charge is 0.419 e. The number of aromatic nitrogens is 3. The molecule has 0 spiro atoms. The van der Waals surface area contributed by atoms with E-state index in [1.54, 1.807) is 12.1 Å². The highest BCUT2D eigenvalue weighted by atomic mass is 127. The molecule has 42 heavy (non-hydrogen) atoms. The van der Waals surface area contributed by atoms with Gasteiger partial charge in [0.05, 0.1) is 31.0 Å². The number of halogens is 4. The number of pyridine rings is 1. The van der Waals surface area contributed by atoms with Crippen LogP contribution in [-0.2, 0) is 22.1 Å². The summed E-state index contributed by atoms with van der Waals surface area (Å²) in [6.07, 6.45) is -2.48. The zero-order valence-electron chi connectivity index (χ0n) is 22.7. The Hall–Kier alpha value is -3.11. The second-order valence-corrected chi connectivity index (χ2v) is 11.9. The molecule has 4 heterocycles. The van der Waals surface area contributed by atoms with Crippen LogP contribution in [0.2, 0.25) is 0 Å². The van der Waals surface area contributed by atoms with Crippen molar-refractivity contribution in [2.24, 2.45) is 0 Å². The summed E-state index contributed by atoms with van der Waals surface area (Å²) >= 11 is 3.63. The number of nitrogens with zero attached hydrogens (tertiary/aromatic N) is 3. The number of thiophene rings is 1. The van der Waals surface area contributed by atoms with Gasteiger partial charge in [0.1, 0.15) is 12.4 Å². The third-order valence-electron chi connectivity index (χ3n) is 6.05. The van der Waals surface area contributed by atoms with Gasteiger partial charge in [-0.15, -0.1) is 11.3 Å². The first kappa shape index (κ1) is 31.8. The third kappa shape index (κ3) is 6.75. The molecule has 5 rings (SSSR count). The minimum Gasteiger partial charge on any atom is -0.493 e. The molecule has 0 unspecified atom stereocenters. The second kappa shape index (κ2) is 13.9. The molecule has 0 fully saturated rings. The Morgan fingerprint density at radius 1 is 1.14 bits per heavy atom. The molecule has 1 aromatic carbocycles. The number of esters is 2. The van der Waals surface area contributed by atoms with Gasteiger partial charge in [-0.1, -0.05) is 22.8 Å². The number of rotatable bonds is 7. The van der Waals surface area contributed by atoms with Crippen LogP contribution in [0.15, 0.2) is 48.1 Å². The summed E-state index contributed by atoms with van der Waals surface area (Å²) in [7, 11) is 2.65. The average Bonchev–Trinajstić information content (AvgIpc) is 3.65. The fourth-order valence-electron chi connectivity index (χ4n) is 4.19. The highest BCUT2D eigenvalue weighted by Crippen LogP contribution is 2.43. The maximum atomic E-state index is 13.3. The van der Waals surface area contributed by atoms with Gasteiger partial charge in [-0.25, -0.2) is 19.3 Å². The summed E-state index contributed by atoms with van der Waals surface area (Å²) in [6.45, 7) is 4.58. The number of carbonyl (C=O) groups excluding carboxylic acids is 2. The standard InChI is InChI=1S/C26H19F3IN3O5S2.C2H6/c1-36-25(35)22-16(2-3-21(32-22)33-13-15(12-31-33)26(27,28)29)17-11-20-19(10-18(17)24(34)38-7-9-40-30)23-14(4-6-37-20)5-8-39-23;1-2/h2-3,5,8,10-13H,4,6-7,9H2,1H3;1-2H3. The summed E-state index contributed by atoms with van der Waals surface area (Å²) < 4.78 is 56.8. The van der Waals surface area contributed by atoms with Crippen LogP contribution >= 0.6 is 41.5 Å². The molecule has 0 atom stereocenters. The van der Waals surface area contributed by atoms with Crippen molar-refractivity contribution in [1.29, 1.82) is 0 Å². The van der Waals surface area contributed by atoms with Crippen molar-refractivity contribution in [3.05, 3.63) is 70.5 Å². The van der Waals surface area contributed by atoms with E-state index < -0.39 is 23.7 Å². The van der Waals surface area contributed by atoms with Crippen LogP contribution < -0.4 is 4.74 Å². The molecule has 1 aliphatic heterocycles. The van der Waals surface area contributed by atoms with Crippen LogP contribution in [0.1, 0.15) is 45.8 Å². The van der Waals surface area contributed by atoms with Crippen molar-refractivity contribution in [1.82, 2.24) is 14.8 Å². The predicted octanol–water partition coefficient (Wildman–Crippen LogP) is 7.67. The van der Waals surface area contributed by atoms with Crippen LogP contribution in [0.25, 0.3) is 27.4 Å². The molecule has 0 aliphatic carbocycles. The lowest BCUT2D eigenvalue weighted by molar-refractivity contribution is -0.137. The van der Waals surface area contributed by atoms with Gasteiger partial charge in [0, 0.05) is 39.9 Å². The molecular formula is C28H25F3IN3O5S2. The lowest BCUT2D eigenvalue weighted by Crippen LogP contribution is -2.13. The number of hydrogen-bond acceptors (Lipinski definition) is 9. The average molecular weight is 732 g/mol. The Morgan fingerprint density at radius 2 is 1.93 bits per heavy atom. The minimum atomic E-state index is -4.60. The van der Waals surface area contributed by atoms with Crippen molar-refractivity contribution < 1.29 is 37.0 Å². The predicted molar refractivity (Wildman–Crippen MR) is 164 cm³/mol. The van der Waals surface area contributed by atoms with E-state index in [9.17, 15) is 22.8 Å². The molecule has 0 N–H and O–H groups in total. The number of carbonyl (C=O) groups is 2. The van der Waals surface area contributed by atoms with E-state index in [2.05, 4.69) is 31.3 Å². The quantitative estimate of drug-likeness (QED) is 0.109. The molecule has 4 aromatic rings. The second-order valence-electron chi connectivity index (χ2n) is 8.45. The Kier molecular flexibility index (Phi) is 10.5. The van der Waals surface area contributed by atoms with Crippen LogP contribution in [0.5, 0.6) is 5.75 Å². The van der Waals surface area contributed by atoms with Crippen molar-refractivity contribution in [2.45, 2.75) is 26.4 Å². The van der Waals surface area contributed by atoms with Gasteiger partial charge in [0.15, 0.2) is 11.5 Å². The molecule has 0 bridgehead atoms. The van der Waals surface area contributed by atoms with E-state index >= 15 is 0 Å². The van der Waals surface area contributed by atoms with Crippen molar-refractivity contribution in [2.75, 3.05) is 26.1 Å². The van der Waals surface area contributed by atoms with Gasteiger partial charge in [0.25, 0.3) is 0 Å². The fraction of sp³-hybridized carbons (Fsp3) is 0.286. The van der Waals surface area contributed by atoms with E-state index in [0.29, 0.717) is 36.3 Å². The molecular weight excluding hydrogens is 706 g/mol. The van der Waals surface area contributed by atoms with Crippen LogP contribution in [0, 0.1) is 0 Å². The van der Waals surface area contributed by atoms with E-state index in [1.165, 1.54) is 32.4 Å². The molecule has 222 valence electrons. The fourth-order valence-corrected chi connectivity index (χ4v) is 5.85. The highest BCUT2D eigenvalue weighted by Gasteiger charge is 2.33. The Labute approximate surface area is 260 Å². The molecule has 14 heteroatoms. The summed E-state index contributed by atoms with van der Waals surface area (Å²) in [5.74, 6) is -0.406. The third-order valence-corrected chi connectivity index (χ3v) is 8.68. The highest BCUT2D eigenvalue weighted by molar-refractivity contribution is 14.2. The largest absolute Gasteiger partial charge is 0.493 e. The molecule has 1 aliphatic rings. The van der Waals surface area contributed by atoms with E-state index in [4.69, 9.17) is 14.2 Å². The molecule has 8 nitrogen and oxygen atoms in total. The number of alkyl halides is 3. The Balaban J connectivity index is 0.00000198. The number of benzene rings is 1. The summed E-state index contributed by atoms with van der Waals surface area (Å²) in [6, 6.07) is 8.24. The summed E-state index contributed by atoms with van der Waals surface area (Å²) in [4.78, 5) is 31.5. The van der Waals surface area contributed by atoms with E-state index in [1.807, 2.05) is 25.3 Å².